The molecule has 2 heterocycles. The SMILES string of the molecule is C[C@@H]1C[C@@H](N(c2ccccc2)S(C)(=O)=O)c2ccccc2N1C(=O)c1ccco1. The van der Waals surface area contributed by atoms with Gasteiger partial charge < -0.3 is 9.32 Å². The number of rotatable bonds is 4. The van der Waals surface area contributed by atoms with Crippen LogP contribution >= 0.6 is 0 Å². The summed E-state index contributed by atoms with van der Waals surface area (Å²) in [6.45, 7) is 1.93. The average molecular weight is 410 g/mol. The summed E-state index contributed by atoms with van der Waals surface area (Å²) < 4.78 is 32.3. The van der Waals surface area contributed by atoms with Crippen LogP contribution in [0.15, 0.2) is 77.4 Å². The van der Waals surface area contributed by atoms with Gasteiger partial charge in [-0.05, 0) is 49.2 Å². The van der Waals surface area contributed by atoms with Crippen LogP contribution in [-0.4, -0.2) is 26.6 Å². The third kappa shape index (κ3) is 3.53. The molecule has 2 atom stereocenters. The summed E-state index contributed by atoms with van der Waals surface area (Å²) in [5, 5.41) is 0. The molecule has 150 valence electrons. The smallest absolute Gasteiger partial charge is 0.294 e. The highest BCUT2D eigenvalue weighted by atomic mass is 32.2. The molecule has 1 aliphatic rings. The highest BCUT2D eigenvalue weighted by Crippen LogP contribution is 2.43. The number of benzene rings is 2. The van der Waals surface area contributed by atoms with Crippen molar-refractivity contribution < 1.29 is 17.6 Å². The van der Waals surface area contributed by atoms with Gasteiger partial charge in [0.05, 0.1) is 24.2 Å². The molecule has 6 nitrogen and oxygen atoms in total. The number of amides is 1. The van der Waals surface area contributed by atoms with Crippen molar-refractivity contribution in [1.82, 2.24) is 0 Å². The molecule has 0 unspecified atom stereocenters. The van der Waals surface area contributed by atoms with Gasteiger partial charge in [-0.3, -0.25) is 9.10 Å². The first-order valence-corrected chi connectivity index (χ1v) is 11.2. The summed E-state index contributed by atoms with van der Waals surface area (Å²) in [6, 6.07) is 19.2. The monoisotopic (exact) mass is 410 g/mol. The summed E-state index contributed by atoms with van der Waals surface area (Å²) in [6.07, 6.45) is 3.15. The van der Waals surface area contributed by atoms with Gasteiger partial charge in [0.2, 0.25) is 10.0 Å². The number of carbonyl (C=O) groups is 1. The Bertz CT molecular complexity index is 1110. The number of para-hydroxylation sites is 2. The third-order valence-electron chi connectivity index (χ3n) is 5.16. The van der Waals surface area contributed by atoms with Crippen molar-refractivity contribution in [3.8, 4) is 0 Å². The predicted octanol–water partition coefficient (Wildman–Crippen LogP) is 4.23. The first kappa shape index (κ1) is 19.3. The van der Waals surface area contributed by atoms with Gasteiger partial charge >= 0.3 is 0 Å². The van der Waals surface area contributed by atoms with E-state index in [1.807, 2.05) is 49.4 Å². The lowest BCUT2D eigenvalue weighted by molar-refractivity contribution is 0.0947. The molecular weight excluding hydrogens is 388 g/mol. The Morgan fingerprint density at radius 2 is 1.72 bits per heavy atom. The summed E-state index contributed by atoms with van der Waals surface area (Å²) in [5.41, 5.74) is 2.09. The molecule has 1 aliphatic heterocycles. The second-order valence-electron chi connectivity index (χ2n) is 7.21. The van der Waals surface area contributed by atoms with E-state index >= 15 is 0 Å². The minimum Gasteiger partial charge on any atom is -0.459 e. The third-order valence-corrected chi connectivity index (χ3v) is 6.34. The highest BCUT2D eigenvalue weighted by molar-refractivity contribution is 7.92. The van der Waals surface area contributed by atoms with Crippen LogP contribution in [0.3, 0.4) is 0 Å². The minimum atomic E-state index is -3.55. The highest BCUT2D eigenvalue weighted by Gasteiger charge is 2.40. The summed E-state index contributed by atoms with van der Waals surface area (Å²) >= 11 is 0. The number of anilines is 2. The Morgan fingerprint density at radius 3 is 2.38 bits per heavy atom. The molecule has 0 saturated heterocycles. The second-order valence-corrected chi connectivity index (χ2v) is 9.07. The Labute approximate surface area is 170 Å². The van der Waals surface area contributed by atoms with Gasteiger partial charge in [0.25, 0.3) is 5.91 Å². The summed E-state index contributed by atoms with van der Waals surface area (Å²) in [7, 11) is -3.55. The molecule has 0 fully saturated rings. The minimum absolute atomic E-state index is 0.222. The first-order chi connectivity index (χ1) is 13.9. The zero-order valence-corrected chi connectivity index (χ0v) is 17.0. The van der Waals surface area contributed by atoms with E-state index in [1.165, 1.54) is 16.8 Å². The molecular formula is C22H22N2O4S. The van der Waals surface area contributed by atoms with Crippen LogP contribution in [-0.2, 0) is 10.0 Å². The molecule has 7 heteroatoms. The van der Waals surface area contributed by atoms with Gasteiger partial charge in [0.1, 0.15) is 0 Å². The quantitative estimate of drug-likeness (QED) is 0.645. The molecule has 0 spiro atoms. The number of furan rings is 1. The second kappa shape index (κ2) is 7.40. The van der Waals surface area contributed by atoms with Crippen LogP contribution in [0.5, 0.6) is 0 Å². The van der Waals surface area contributed by atoms with Crippen molar-refractivity contribution in [2.24, 2.45) is 0 Å². The molecule has 1 aromatic heterocycles. The van der Waals surface area contributed by atoms with Gasteiger partial charge in [0, 0.05) is 11.7 Å². The summed E-state index contributed by atoms with van der Waals surface area (Å²) in [4.78, 5) is 14.8. The zero-order valence-electron chi connectivity index (χ0n) is 16.2. The van der Waals surface area contributed by atoms with Crippen LogP contribution < -0.4 is 9.21 Å². The maximum absolute atomic E-state index is 13.1. The number of sulfonamides is 1. The Kier molecular flexibility index (Phi) is 4.92. The normalized spacial score (nSPS) is 18.9. The van der Waals surface area contributed by atoms with Gasteiger partial charge in [-0.1, -0.05) is 36.4 Å². The van der Waals surface area contributed by atoms with Gasteiger partial charge in [-0.2, -0.15) is 0 Å². The maximum Gasteiger partial charge on any atom is 0.294 e. The number of hydrogen-bond acceptors (Lipinski definition) is 4. The lowest BCUT2D eigenvalue weighted by atomic mass is 9.91. The molecule has 29 heavy (non-hydrogen) atoms. The van der Waals surface area contributed by atoms with Crippen LogP contribution in [0.4, 0.5) is 11.4 Å². The molecule has 4 rings (SSSR count). The van der Waals surface area contributed by atoms with Crippen molar-refractivity contribution in [3.63, 3.8) is 0 Å². The Hall–Kier alpha value is -3.06. The van der Waals surface area contributed by atoms with Crippen LogP contribution in [0.25, 0.3) is 0 Å². The number of nitrogens with zero attached hydrogens (tertiary/aromatic N) is 2. The topological polar surface area (TPSA) is 70.8 Å². The number of fused-ring (bicyclic) bond motifs is 1. The lowest BCUT2D eigenvalue weighted by Gasteiger charge is -2.43. The van der Waals surface area contributed by atoms with E-state index < -0.39 is 16.1 Å². The van der Waals surface area contributed by atoms with Gasteiger partial charge in [0.15, 0.2) is 5.76 Å². The molecule has 0 aliphatic carbocycles. The molecule has 1 amide bonds. The fourth-order valence-corrected chi connectivity index (χ4v) is 5.18. The first-order valence-electron chi connectivity index (χ1n) is 9.38. The molecule has 3 aromatic rings. The zero-order chi connectivity index (χ0) is 20.6. The van der Waals surface area contributed by atoms with E-state index in [-0.39, 0.29) is 17.7 Å². The molecule has 0 bridgehead atoms. The van der Waals surface area contributed by atoms with Crippen molar-refractivity contribution >= 4 is 27.3 Å². The van der Waals surface area contributed by atoms with E-state index in [9.17, 15) is 13.2 Å². The molecule has 0 N–H and O–H groups in total. The van der Waals surface area contributed by atoms with Crippen molar-refractivity contribution in [2.75, 3.05) is 15.5 Å². The fraction of sp³-hybridized carbons (Fsp3) is 0.227. The lowest BCUT2D eigenvalue weighted by Crippen LogP contribution is -2.47. The van der Waals surface area contributed by atoms with E-state index in [2.05, 4.69) is 0 Å². The van der Waals surface area contributed by atoms with Crippen LogP contribution in [0.2, 0.25) is 0 Å². The van der Waals surface area contributed by atoms with E-state index in [0.717, 1.165) is 5.56 Å². The average Bonchev–Trinajstić information content (AvgIpc) is 3.22. The van der Waals surface area contributed by atoms with Crippen molar-refractivity contribution in [2.45, 2.75) is 25.4 Å². The molecule has 0 radical (unpaired) electrons. The van der Waals surface area contributed by atoms with Crippen LogP contribution in [0, 0.1) is 0 Å². The maximum atomic E-state index is 13.1. The van der Waals surface area contributed by atoms with Crippen LogP contribution in [0.1, 0.15) is 35.5 Å². The molecule has 0 saturated carbocycles. The summed E-state index contributed by atoms with van der Waals surface area (Å²) in [5.74, 6) is 0.0205. The number of carbonyl (C=O) groups excluding carboxylic acids is 1. The Balaban J connectivity index is 1.83. The number of hydrogen-bond donors (Lipinski definition) is 0. The van der Waals surface area contributed by atoms with Gasteiger partial charge in [-0.25, -0.2) is 8.42 Å². The van der Waals surface area contributed by atoms with E-state index in [0.29, 0.717) is 17.8 Å². The standard InChI is InChI=1S/C22H22N2O4S/c1-16-15-20(24(29(2,26)27)17-9-4-3-5-10-17)18-11-6-7-12-19(18)23(16)22(25)21-13-8-14-28-21/h3-14,16,20H,15H2,1-2H3/t16-,20-/m1/s1. The Morgan fingerprint density at radius 1 is 1.03 bits per heavy atom. The largest absolute Gasteiger partial charge is 0.459 e. The predicted molar refractivity (Wildman–Crippen MR) is 113 cm³/mol. The van der Waals surface area contributed by atoms with Crippen molar-refractivity contribution in [1.29, 1.82) is 0 Å². The molecule has 2 aromatic carbocycles. The van der Waals surface area contributed by atoms with Crippen molar-refractivity contribution in [3.05, 3.63) is 84.3 Å². The van der Waals surface area contributed by atoms with E-state index in [1.54, 1.807) is 29.2 Å². The fourth-order valence-electron chi connectivity index (χ4n) is 4.01. The van der Waals surface area contributed by atoms with Gasteiger partial charge in [-0.15, -0.1) is 0 Å². The van der Waals surface area contributed by atoms with E-state index in [4.69, 9.17) is 4.42 Å².